The molecule has 1 heterocycles. The molecule has 0 unspecified atom stereocenters. The van der Waals surface area contributed by atoms with Crippen LogP contribution in [0.4, 0.5) is 0 Å². The van der Waals surface area contributed by atoms with Crippen molar-refractivity contribution in [1.29, 1.82) is 0 Å². The summed E-state index contributed by atoms with van der Waals surface area (Å²) in [4.78, 5) is 0. The van der Waals surface area contributed by atoms with Crippen LogP contribution >= 0.6 is 0 Å². The second-order valence-corrected chi connectivity index (χ2v) is 3.95. The van der Waals surface area contributed by atoms with E-state index in [1.165, 1.54) is 11.1 Å². The summed E-state index contributed by atoms with van der Waals surface area (Å²) in [5.74, 6) is 0. The Morgan fingerprint density at radius 2 is 2.06 bits per heavy atom. The van der Waals surface area contributed by atoms with Crippen LogP contribution in [0.5, 0.6) is 0 Å². The van der Waals surface area contributed by atoms with Crippen LogP contribution in [0.1, 0.15) is 11.1 Å². The number of aromatic nitrogens is 2. The van der Waals surface area contributed by atoms with E-state index in [1.807, 2.05) is 35.2 Å². The number of hydrogen-bond donors (Lipinski definition) is 1. The van der Waals surface area contributed by atoms with E-state index in [1.54, 1.807) is 0 Å². The van der Waals surface area contributed by atoms with Gasteiger partial charge in [-0.05, 0) is 5.56 Å². The fraction of sp³-hybridized carbons (Fsp3) is 0.214. The molecule has 0 fully saturated rings. The molecule has 88 valence electrons. The number of nitrogens with one attached hydrogen (secondary N) is 1. The van der Waals surface area contributed by atoms with E-state index in [-0.39, 0.29) is 0 Å². The Kier molecular flexibility index (Phi) is 4.11. The average molecular weight is 227 g/mol. The Balaban J connectivity index is 1.92. The minimum absolute atomic E-state index is 0.822. The second-order valence-electron chi connectivity index (χ2n) is 3.95. The summed E-state index contributed by atoms with van der Waals surface area (Å²) in [6.45, 7) is 6.15. The van der Waals surface area contributed by atoms with Gasteiger partial charge in [0.2, 0.25) is 0 Å². The molecule has 17 heavy (non-hydrogen) atoms. The average Bonchev–Trinajstić information content (AvgIpc) is 2.79. The summed E-state index contributed by atoms with van der Waals surface area (Å²) >= 11 is 0. The van der Waals surface area contributed by atoms with Gasteiger partial charge in [-0.3, -0.25) is 4.68 Å². The van der Waals surface area contributed by atoms with Crippen molar-refractivity contribution < 1.29 is 0 Å². The maximum atomic E-state index is 4.34. The third-order valence-electron chi connectivity index (χ3n) is 2.49. The van der Waals surface area contributed by atoms with Crippen LogP contribution in [-0.2, 0) is 13.1 Å². The lowest BCUT2D eigenvalue weighted by Gasteiger charge is -2.01. The summed E-state index contributed by atoms with van der Waals surface area (Å²) in [7, 11) is 0. The van der Waals surface area contributed by atoms with Gasteiger partial charge in [-0.15, -0.1) is 6.58 Å². The van der Waals surface area contributed by atoms with Crippen molar-refractivity contribution in [2.24, 2.45) is 0 Å². The first-order chi connectivity index (χ1) is 8.38. The van der Waals surface area contributed by atoms with Crippen LogP contribution in [0.3, 0.4) is 0 Å². The maximum Gasteiger partial charge on any atom is 0.0659 e. The molecule has 1 N–H and O–H groups in total. The molecule has 3 heteroatoms. The Hall–Kier alpha value is -1.87. The first-order valence-corrected chi connectivity index (χ1v) is 5.75. The van der Waals surface area contributed by atoms with Crippen molar-refractivity contribution in [3.8, 4) is 0 Å². The Bertz CT molecular complexity index is 459. The van der Waals surface area contributed by atoms with Gasteiger partial charge in [0.05, 0.1) is 12.7 Å². The van der Waals surface area contributed by atoms with Gasteiger partial charge in [0.25, 0.3) is 0 Å². The summed E-state index contributed by atoms with van der Waals surface area (Å²) in [5, 5.41) is 7.60. The molecule has 2 aromatic rings. The van der Waals surface area contributed by atoms with Crippen LogP contribution in [0.2, 0.25) is 0 Å². The maximum absolute atomic E-state index is 4.34. The topological polar surface area (TPSA) is 29.9 Å². The number of rotatable bonds is 6. The summed E-state index contributed by atoms with van der Waals surface area (Å²) < 4.78 is 1.96. The smallest absolute Gasteiger partial charge is 0.0659 e. The number of benzene rings is 1. The first-order valence-electron chi connectivity index (χ1n) is 5.75. The van der Waals surface area contributed by atoms with Crippen LogP contribution in [0.15, 0.2) is 55.4 Å². The highest BCUT2D eigenvalue weighted by Gasteiger charge is 1.98. The molecular weight excluding hydrogens is 210 g/mol. The lowest BCUT2D eigenvalue weighted by molar-refractivity contribution is 0.684. The minimum Gasteiger partial charge on any atom is -0.309 e. The van der Waals surface area contributed by atoms with Crippen molar-refractivity contribution in [3.05, 3.63) is 66.5 Å². The van der Waals surface area contributed by atoms with E-state index in [2.05, 4.69) is 35.3 Å². The van der Waals surface area contributed by atoms with Gasteiger partial charge in [-0.25, -0.2) is 0 Å². The molecule has 0 aliphatic heterocycles. The normalized spacial score (nSPS) is 10.4. The van der Waals surface area contributed by atoms with Gasteiger partial charge >= 0.3 is 0 Å². The van der Waals surface area contributed by atoms with Gasteiger partial charge in [0.1, 0.15) is 0 Å². The molecule has 0 amide bonds. The van der Waals surface area contributed by atoms with Crippen LogP contribution in [0, 0.1) is 0 Å². The van der Waals surface area contributed by atoms with Crippen LogP contribution in [-0.4, -0.2) is 16.3 Å². The van der Waals surface area contributed by atoms with E-state index in [0.717, 1.165) is 19.6 Å². The molecule has 0 saturated heterocycles. The molecule has 1 aromatic heterocycles. The number of nitrogens with zero attached hydrogens (tertiary/aromatic N) is 2. The van der Waals surface area contributed by atoms with Crippen molar-refractivity contribution in [3.63, 3.8) is 0 Å². The zero-order valence-corrected chi connectivity index (χ0v) is 9.84. The third kappa shape index (κ3) is 3.57. The van der Waals surface area contributed by atoms with Crippen molar-refractivity contribution in [2.75, 3.05) is 6.54 Å². The minimum atomic E-state index is 0.822. The van der Waals surface area contributed by atoms with E-state index in [4.69, 9.17) is 0 Å². The lowest BCUT2D eigenvalue weighted by Crippen LogP contribution is -2.11. The predicted molar refractivity (Wildman–Crippen MR) is 69.7 cm³/mol. The fourth-order valence-corrected chi connectivity index (χ4v) is 1.67. The predicted octanol–water partition coefficient (Wildman–Crippen LogP) is 2.21. The SMILES string of the molecule is C=CCNCc1cnn(Cc2ccccc2)c1. The standard InChI is InChI=1S/C14H17N3/c1-2-8-15-9-14-10-16-17(12-14)11-13-6-4-3-5-7-13/h2-7,10,12,15H,1,8-9,11H2. The van der Waals surface area contributed by atoms with Crippen molar-refractivity contribution in [2.45, 2.75) is 13.1 Å². The lowest BCUT2D eigenvalue weighted by atomic mass is 10.2. The molecule has 2 rings (SSSR count). The van der Waals surface area contributed by atoms with E-state index < -0.39 is 0 Å². The van der Waals surface area contributed by atoms with Crippen molar-refractivity contribution >= 4 is 0 Å². The zero-order valence-electron chi connectivity index (χ0n) is 9.84. The highest BCUT2D eigenvalue weighted by Crippen LogP contribution is 2.03. The Morgan fingerprint density at radius 1 is 1.24 bits per heavy atom. The second kappa shape index (κ2) is 6.01. The molecule has 0 atom stereocenters. The van der Waals surface area contributed by atoms with E-state index in [9.17, 15) is 0 Å². The molecular formula is C14H17N3. The largest absolute Gasteiger partial charge is 0.309 e. The van der Waals surface area contributed by atoms with Gasteiger partial charge in [0, 0.05) is 24.8 Å². The first kappa shape index (κ1) is 11.6. The van der Waals surface area contributed by atoms with Crippen LogP contribution < -0.4 is 5.32 Å². The number of hydrogen-bond acceptors (Lipinski definition) is 2. The molecule has 0 spiro atoms. The Labute approximate surface area is 102 Å². The van der Waals surface area contributed by atoms with Gasteiger partial charge in [0.15, 0.2) is 0 Å². The quantitative estimate of drug-likeness (QED) is 0.605. The molecule has 1 aromatic carbocycles. The van der Waals surface area contributed by atoms with Gasteiger partial charge < -0.3 is 5.32 Å². The molecule has 0 saturated carbocycles. The van der Waals surface area contributed by atoms with Gasteiger partial charge in [-0.1, -0.05) is 36.4 Å². The molecule has 0 aliphatic rings. The molecule has 0 radical (unpaired) electrons. The fourth-order valence-electron chi connectivity index (χ4n) is 1.67. The third-order valence-corrected chi connectivity index (χ3v) is 2.49. The van der Waals surface area contributed by atoms with E-state index >= 15 is 0 Å². The van der Waals surface area contributed by atoms with Gasteiger partial charge in [-0.2, -0.15) is 5.10 Å². The molecule has 0 aliphatic carbocycles. The monoisotopic (exact) mass is 227 g/mol. The summed E-state index contributed by atoms with van der Waals surface area (Å²) in [6, 6.07) is 10.3. The molecule has 0 bridgehead atoms. The van der Waals surface area contributed by atoms with Crippen LogP contribution in [0.25, 0.3) is 0 Å². The highest BCUT2D eigenvalue weighted by molar-refractivity contribution is 5.15. The molecule has 3 nitrogen and oxygen atoms in total. The highest BCUT2D eigenvalue weighted by atomic mass is 15.3. The van der Waals surface area contributed by atoms with Crippen molar-refractivity contribution in [1.82, 2.24) is 15.1 Å². The summed E-state index contributed by atoms with van der Waals surface area (Å²) in [5.41, 5.74) is 2.46. The Morgan fingerprint density at radius 3 is 2.82 bits per heavy atom. The van der Waals surface area contributed by atoms with E-state index in [0.29, 0.717) is 0 Å². The zero-order chi connectivity index (χ0) is 11.9. The summed E-state index contributed by atoms with van der Waals surface area (Å²) in [6.07, 6.45) is 5.83.